The average Bonchev–Trinajstić information content (AvgIpc) is 3.21. The average molecular weight is 463 g/mol. The van der Waals surface area contributed by atoms with Crippen molar-refractivity contribution >= 4 is 51.4 Å². The molecular weight excluding hydrogens is 444 g/mol. The van der Waals surface area contributed by atoms with Crippen LogP contribution in [0.4, 0.5) is 10.8 Å². The van der Waals surface area contributed by atoms with E-state index in [1.807, 2.05) is 49.4 Å². The number of halogens is 1. The minimum absolute atomic E-state index is 0.0992. The van der Waals surface area contributed by atoms with Crippen LogP contribution in [0, 0.1) is 6.92 Å². The van der Waals surface area contributed by atoms with E-state index in [0.29, 0.717) is 33.4 Å². The van der Waals surface area contributed by atoms with Crippen molar-refractivity contribution < 1.29 is 14.3 Å². The molecule has 2 heterocycles. The SMILES string of the molecule is Cc1c(Cl)cccc1Nc1nnc(SCC(=O)NCC2COc3ccccc3O2)s1. The molecule has 1 aliphatic heterocycles. The van der Waals surface area contributed by atoms with Gasteiger partial charge >= 0.3 is 0 Å². The van der Waals surface area contributed by atoms with Gasteiger partial charge in [-0.3, -0.25) is 4.79 Å². The van der Waals surface area contributed by atoms with E-state index in [2.05, 4.69) is 20.8 Å². The first-order chi connectivity index (χ1) is 14.6. The van der Waals surface area contributed by atoms with Gasteiger partial charge in [-0.2, -0.15) is 0 Å². The van der Waals surface area contributed by atoms with Crippen LogP contribution in [0.3, 0.4) is 0 Å². The Hall–Kier alpha value is -2.49. The minimum atomic E-state index is -0.216. The van der Waals surface area contributed by atoms with Crippen LogP contribution in [-0.4, -0.2) is 41.1 Å². The second-order valence-corrected chi connectivity index (χ2v) is 9.11. The first-order valence-corrected chi connectivity index (χ1v) is 11.4. The van der Waals surface area contributed by atoms with Crippen LogP contribution in [0.2, 0.25) is 5.02 Å². The molecule has 3 aromatic rings. The zero-order valence-corrected chi connectivity index (χ0v) is 18.4. The summed E-state index contributed by atoms with van der Waals surface area (Å²) < 4.78 is 12.2. The smallest absolute Gasteiger partial charge is 0.230 e. The van der Waals surface area contributed by atoms with Crippen molar-refractivity contribution in [1.29, 1.82) is 0 Å². The maximum absolute atomic E-state index is 12.2. The van der Waals surface area contributed by atoms with Crippen molar-refractivity contribution in [2.75, 3.05) is 24.2 Å². The number of anilines is 2. The maximum atomic E-state index is 12.2. The lowest BCUT2D eigenvalue weighted by Gasteiger charge is -2.26. The zero-order chi connectivity index (χ0) is 20.9. The van der Waals surface area contributed by atoms with E-state index in [9.17, 15) is 4.79 Å². The lowest BCUT2D eigenvalue weighted by molar-refractivity contribution is -0.119. The maximum Gasteiger partial charge on any atom is 0.230 e. The first-order valence-electron chi connectivity index (χ1n) is 9.22. The molecule has 1 atom stereocenters. The molecular formula is C20H19ClN4O3S2. The largest absolute Gasteiger partial charge is 0.486 e. The monoisotopic (exact) mass is 462 g/mol. The summed E-state index contributed by atoms with van der Waals surface area (Å²) >= 11 is 8.86. The summed E-state index contributed by atoms with van der Waals surface area (Å²) in [6, 6.07) is 13.1. The van der Waals surface area contributed by atoms with Gasteiger partial charge in [-0.1, -0.05) is 52.9 Å². The van der Waals surface area contributed by atoms with Gasteiger partial charge in [0.2, 0.25) is 11.0 Å². The second-order valence-electron chi connectivity index (χ2n) is 6.50. The number of nitrogens with zero attached hydrogens (tertiary/aromatic N) is 2. The van der Waals surface area contributed by atoms with E-state index >= 15 is 0 Å². The summed E-state index contributed by atoms with van der Waals surface area (Å²) in [6.45, 7) is 2.72. The fourth-order valence-electron chi connectivity index (χ4n) is 2.75. The van der Waals surface area contributed by atoms with Gasteiger partial charge in [0.1, 0.15) is 12.7 Å². The van der Waals surface area contributed by atoms with Crippen molar-refractivity contribution in [2.24, 2.45) is 0 Å². The quantitative estimate of drug-likeness (QED) is 0.506. The normalized spacial score (nSPS) is 14.9. The summed E-state index contributed by atoms with van der Waals surface area (Å²) in [6.07, 6.45) is -0.216. The molecule has 0 aliphatic carbocycles. The highest BCUT2D eigenvalue weighted by Crippen LogP contribution is 2.31. The predicted octanol–water partition coefficient (Wildman–Crippen LogP) is 4.29. The Bertz CT molecular complexity index is 1050. The van der Waals surface area contributed by atoms with Crippen molar-refractivity contribution in [1.82, 2.24) is 15.5 Å². The topological polar surface area (TPSA) is 85.4 Å². The van der Waals surface area contributed by atoms with Crippen LogP contribution in [0.1, 0.15) is 5.56 Å². The van der Waals surface area contributed by atoms with Crippen molar-refractivity contribution in [2.45, 2.75) is 17.4 Å². The number of para-hydroxylation sites is 2. The van der Waals surface area contributed by atoms with Gasteiger partial charge < -0.3 is 20.1 Å². The number of ether oxygens (including phenoxy) is 2. The standard InChI is InChI=1S/C20H19ClN4O3S2/c1-12-14(21)5-4-6-15(12)23-19-24-25-20(30-19)29-11-18(26)22-9-13-10-27-16-7-2-3-8-17(16)28-13/h2-8,13H,9-11H2,1H3,(H,22,26)(H,23,24). The van der Waals surface area contributed by atoms with Gasteiger partial charge in [0.15, 0.2) is 15.8 Å². The van der Waals surface area contributed by atoms with Crippen LogP contribution < -0.4 is 20.1 Å². The molecule has 1 unspecified atom stereocenters. The van der Waals surface area contributed by atoms with E-state index in [1.54, 1.807) is 0 Å². The van der Waals surface area contributed by atoms with Crippen LogP contribution in [0.25, 0.3) is 0 Å². The molecule has 30 heavy (non-hydrogen) atoms. The van der Waals surface area contributed by atoms with E-state index in [-0.39, 0.29) is 17.8 Å². The number of thioether (sulfide) groups is 1. The highest BCUT2D eigenvalue weighted by Gasteiger charge is 2.21. The molecule has 0 saturated carbocycles. The van der Waals surface area contributed by atoms with E-state index in [1.165, 1.54) is 23.1 Å². The third kappa shape index (κ3) is 5.16. The number of rotatable bonds is 7. The van der Waals surface area contributed by atoms with Gasteiger partial charge in [0.05, 0.1) is 12.3 Å². The van der Waals surface area contributed by atoms with Gasteiger partial charge in [-0.15, -0.1) is 10.2 Å². The molecule has 0 bridgehead atoms. The second kappa shape index (κ2) is 9.55. The molecule has 7 nitrogen and oxygen atoms in total. The number of amides is 1. The van der Waals surface area contributed by atoms with E-state index in [4.69, 9.17) is 21.1 Å². The summed E-state index contributed by atoms with van der Waals surface area (Å²) in [4.78, 5) is 12.2. The van der Waals surface area contributed by atoms with Crippen molar-refractivity contribution in [3.63, 3.8) is 0 Å². The number of carbonyl (C=O) groups excluding carboxylic acids is 1. The Balaban J connectivity index is 1.22. The molecule has 2 N–H and O–H groups in total. The minimum Gasteiger partial charge on any atom is -0.486 e. The Morgan fingerprint density at radius 1 is 1.23 bits per heavy atom. The van der Waals surface area contributed by atoms with Gasteiger partial charge in [-0.05, 0) is 36.8 Å². The van der Waals surface area contributed by atoms with Gasteiger partial charge in [0, 0.05) is 10.7 Å². The number of hydrogen-bond donors (Lipinski definition) is 2. The van der Waals surface area contributed by atoms with Gasteiger partial charge in [0.25, 0.3) is 0 Å². The number of carbonyl (C=O) groups is 1. The van der Waals surface area contributed by atoms with Gasteiger partial charge in [-0.25, -0.2) is 0 Å². The highest BCUT2D eigenvalue weighted by molar-refractivity contribution is 8.01. The van der Waals surface area contributed by atoms with E-state index in [0.717, 1.165) is 17.0 Å². The molecule has 156 valence electrons. The van der Waals surface area contributed by atoms with Crippen LogP contribution in [0.15, 0.2) is 46.8 Å². The van der Waals surface area contributed by atoms with Crippen molar-refractivity contribution in [3.05, 3.63) is 53.1 Å². The molecule has 2 aromatic carbocycles. The third-order valence-electron chi connectivity index (χ3n) is 4.34. The molecule has 1 aliphatic rings. The molecule has 4 rings (SSSR count). The molecule has 1 aromatic heterocycles. The number of fused-ring (bicyclic) bond motifs is 1. The number of benzene rings is 2. The van der Waals surface area contributed by atoms with Crippen molar-refractivity contribution in [3.8, 4) is 11.5 Å². The molecule has 10 heteroatoms. The Labute approximate surface area is 187 Å². The Morgan fingerprint density at radius 2 is 2.07 bits per heavy atom. The third-order valence-corrected chi connectivity index (χ3v) is 6.72. The molecule has 0 spiro atoms. The number of nitrogens with one attached hydrogen (secondary N) is 2. The Kier molecular flexibility index (Phi) is 6.61. The predicted molar refractivity (Wildman–Crippen MR) is 119 cm³/mol. The summed E-state index contributed by atoms with van der Waals surface area (Å²) in [5, 5.41) is 15.7. The summed E-state index contributed by atoms with van der Waals surface area (Å²) in [5.41, 5.74) is 1.82. The van der Waals surface area contributed by atoms with Crippen LogP contribution in [0.5, 0.6) is 11.5 Å². The van der Waals surface area contributed by atoms with Crippen LogP contribution in [-0.2, 0) is 4.79 Å². The lowest BCUT2D eigenvalue weighted by atomic mass is 10.2. The van der Waals surface area contributed by atoms with E-state index < -0.39 is 0 Å². The summed E-state index contributed by atoms with van der Waals surface area (Å²) in [7, 11) is 0. The number of aromatic nitrogens is 2. The zero-order valence-electron chi connectivity index (χ0n) is 16.1. The summed E-state index contributed by atoms with van der Waals surface area (Å²) in [5.74, 6) is 1.57. The molecule has 0 radical (unpaired) electrons. The highest BCUT2D eigenvalue weighted by atomic mass is 35.5. The molecule has 1 amide bonds. The fourth-order valence-corrected chi connectivity index (χ4v) is 4.52. The molecule has 0 saturated heterocycles. The Morgan fingerprint density at radius 3 is 2.93 bits per heavy atom. The van der Waals surface area contributed by atoms with Crippen LogP contribution >= 0.6 is 34.7 Å². The first kappa shape index (κ1) is 20.8. The molecule has 0 fully saturated rings. The fraction of sp³-hybridized carbons (Fsp3) is 0.250. The lowest BCUT2D eigenvalue weighted by Crippen LogP contribution is -2.41. The number of hydrogen-bond acceptors (Lipinski definition) is 8.